The molecule has 1 amide bonds. The third-order valence-electron chi connectivity index (χ3n) is 2.41. The Morgan fingerprint density at radius 3 is 2.88 bits per heavy atom. The summed E-state index contributed by atoms with van der Waals surface area (Å²) in [6, 6.07) is 2.48. The number of rotatable bonds is 6. The summed E-state index contributed by atoms with van der Waals surface area (Å²) in [6.45, 7) is 6.04. The van der Waals surface area contributed by atoms with E-state index in [2.05, 4.69) is 11.9 Å². The number of hydrogen-bond acceptors (Lipinski definition) is 2. The molecule has 5 nitrogen and oxygen atoms in total. The molecule has 1 unspecified atom stereocenters. The van der Waals surface area contributed by atoms with Gasteiger partial charge in [0.15, 0.2) is 0 Å². The summed E-state index contributed by atoms with van der Waals surface area (Å²) in [5.41, 5.74) is 0.461. The monoisotopic (exact) mass is 236 g/mol. The predicted octanol–water partition coefficient (Wildman–Crippen LogP) is 1.27. The Labute approximate surface area is 99.7 Å². The average molecular weight is 236 g/mol. The molecule has 0 saturated carbocycles. The quantitative estimate of drug-likeness (QED) is 0.730. The largest absolute Gasteiger partial charge is 0.480 e. The molecule has 0 aromatic carbocycles. The number of nitrogens with one attached hydrogen (secondary N) is 1. The van der Waals surface area contributed by atoms with Crippen LogP contribution in [0.15, 0.2) is 31.0 Å². The highest BCUT2D eigenvalue weighted by Gasteiger charge is 2.20. The molecule has 92 valence electrons. The van der Waals surface area contributed by atoms with Gasteiger partial charge in [0.25, 0.3) is 5.91 Å². The lowest BCUT2D eigenvalue weighted by Gasteiger charge is -2.13. The zero-order valence-corrected chi connectivity index (χ0v) is 9.72. The van der Waals surface area contributed by atoms with Crippen molar-refractivity contribution >= 4 is 11.9 Å². The fraction of sp³-hybridized carbons (Fsp3) is 0.333. The molecule has 5 heteroatoms. The van der Waals surface area contributed by atoms with Crippen molar-refractivity contribution in [3.8, 4) is 0 Å². The summed E-state index contributed by atoms with van der Waals surface area (Å²) >= 11 is 0. The van der Waals surface area contributed by atoms with E-state index >= 15 is 0 Å². The van der Waals surface area contributed by atoms with E-state index in [1.807, 2.05) is 6.92 Å². The average Bonchev–Trinajstić information content (AvgIpc) is 2.76. The minimum absolute atomic E-state index is 0.202. The first-order chi connectivity index (χ1) is 8.10. The van der Waals surface area contributed by atoms with Gasteiger partial charge < -0.3 is 15.0 Å². The van der Waals surface area contributed by atoms with Crippen LogP contribution in [0.3, 0.4) is 0 Å². The van der Waals surface area contributed by atoms with Gasteiger partial charge in [0, 0.05) is 12.7 Å². The summed E-state index contributed by atoms with van der Waals surface area (Å²) in [6.07, 6.45) is 3.45. The van der Waals surface area contributed by atoms with Crippen LogP contribution < -0.4 is 5.32 Å². The number of aromatic nitrogens is 1. The van der Waals surface area contributed by atoms with E-state index in [1.165, 1.54) is 6.08 Å². The molecule has 1 aromatic rings. The summed E-state index contributed by atoms with van der Waals surface area (Å²) in [4.78, 5) is 22.7. The normalized spacial score (nSPS) is 11.8. The number of aryl methyl sites for hydroxylation is 1. The Balaban J connectivity index is 2.77. The number of carbonyl (C=O) groups excluding carboxylic acids is 1. The van der Waals surface area contributed by atoms with Gasteiger partial charge in [-0.25, -0.2) is 4.79 Å². The first-order valence-electron chi connectivity index (χ1n) is 5.39. The van der Waals surface area contributed by atoms with Crippen LogP contribution in [0.2, 0.25) is 0 Å². The fourth-order valence-corrected chi connectivity index (χ4v) is 1.52. The molecule has 0 aliphatic rings. The van der Waals surface area contributed by atoms with Crippen molar-refractivity contribution in [3.63, 3.8) is 0 Å². The highest BCUT2D eigenvalue weighted by molar-refractivity contribution is 5.95. The molecule has 1 aromatic heterocycles. The van der Waals surface area contributed by atoms with Crippen LogP contribution in [0.1, 0.15) is 23.8 Å². The van der Waals surface area contributed by atoms with Crippen molar-refractivity contribution in [2.45, 2.75) is 25.9 Å². The van der Waals surface area contributed by atoms with E-state index in [0.29, 0.717) is 12.2 Å². The molecule has 0 spiro atoms. The maximum absolute atomic E-state index is 11.8. The van der Waals surface area contributed by atoms with Crippen molar-refractivity contribution in [2.24, 2.45) is 0 Å². The Morgan fingerprint density at radius 1 is 1.65 bits per heavy atom. The molecule has 2 N–H and O–H groups in total. The van der Waals surface area contributed by atoms with E-state index in [-0.39, 0.29) is 12.3 Å². The van der Waals surface area contributed by atoms with Crippen molar-refractivity contribution in [1.82, 2.24) is 9.88 Å². The van der Waals surface area contributed by atoms with E-state index in [1.54, 1.807) is 22.9 Å². The molecule has 1 atom stereocenters. The Kier molecular flexibility index (Phi) is 4.51. The summed E-state index contributed by atoms with van der Waals surface area (Å²) < 4.78 is 1.75. The van der Waals surface area contributed by atoms with Crippen LogP contribution in [0.4, 0.5) is 0 Å². The SMILES string of the molecule is C=CCC(NC(=O)c1cccn1CC)C(=O)O. The van der Waals surface area contributed by atoms with Crippen molar-refractivity contribution in [3.05, 3.63) is 36.7 Å². The highest BCUT2D eigenvalue weighted by Crippen LogP contribution is 2.03. The van der Waals surface area contributed by atoms with Crippen molar-refractivity contribution in [2.75, 3.05) is 0 Å². The Hall–Kier alpha value is -2.04. The zero-order chi connectivity index (χ0) is 12.8. The summed E-state index contributed by atoms with van der Waals surface area (Å²) in [5.74, 6) is -1.45. The van der Waals surface area contributed by atoms with Crippen LogP contribution in [0.25, 0.3) is 0 Å². The number of aliphatic carboxylic acids is 1. The molecule has 1 rings (SSSR count). The third kappa shape index (κ3) is 3.21. The molecule has 0 fully saturated rings. The van der Waals surface area contributed by atoms with Crippen LogP contribution >= 0.6 is 0 Å². The smallest absolute Gasteiger partial charge is 0.326 e. The highest BCUT2D eigenvalue weighted by atomic mass is 16.4. The van der Waals surface area contributed by atoms with Gasteiger partial charge in [-0.2, -0.15) is 0 Å². The second-order valence-electron chi connectivity index (χ2n) is 3.57. The molecule has 0 aliphatic heterocycles. The van der Waals surface area contributed by atoms with Crippen LogP contribution in [-0.2, 0) is 11.3 Å². The van der Waals surface area contributed by atoms with Crippen molar-refractivity contribution < 1.29 is 14.7 Å². The van der Waals surface area contributed by atoms with Crippen LogP contribution in [0, 0.1) is 0 Å². The molecule has 1 heterocycles. The number of carboxylic acid groups (broad SMARTS) is 1. The number of carbonyl (C=O) groups is 2. The minimum Gasteiger partial charge on any atom is -0.480 e. The molecule has 0 bridgehead atoms. The van der Waals surface area contributed by atoms with E-state index < -0.39 is 12.0 Å². The number of hydrogen-bond donors (Lipinski definition) is 2. The maximum atomic E-state index is 11.8. The Morgan fingerprint density at radius 2 is 2.35 bits per heavy atom. The molecule has 0 radical (unpaired) electrons. The summed E-state index contributed by atoms with van der Waals surface area (Å²) in [7, 11) is 0. The predicted molar refractivity (Wildman–Crippen MR) is 63.8 cm³/mol. The second-order valence-corrected chi connectivity index (χ2v) is 3.57. The lowest BCUT2D eigenvalue weighted by molar-refractivity contribution is -0.139. The first-order valence-corrected chi connectivity index (χ1v) is 5.39. The van der Waals surface area contributed by atoms with Crippen LogP contribution in [0.5, 0.6) is 0 Å². The number of nitrogens with zero attached hydrogens (tertiary/aromatic N) is 1. The van der Waals surface area contributed by atoms with E-state index in [0.717, 1.165) is 0 Å². The second kappa shape index (κ2) is 5.89. The molecular weight excluding hydrogens is 220 g/mol. The van der Waals surface area contributed by atoms with Gasteiger partial charge in [0.2, 0.25) is 0 Å². The van der Waals surface area contributed by atoms with Gasteiger partial charge in [-0.1, -0.05) is 6.08 Å². The third-order valence-corrected chi connectivity index (χ3v) is 2.41. The molecule has 0 saturated heterocycles. The Bertz CT molecular complexity index is 423. The lowest BCUT2D eigenvalue weighted by Crippen LogP contribution is -2.41. The maximum Gasteiger partial charge on any atom is 0.326 e. The molecular formula is C12H16N2O3. The fourth-order valence-electron chi connectivity index (χ4n) is 1.52. The molecule has 17 heavy (non-hydrogen) atoms. The van der Waals surface area contributed by atoms with Gasteiger partial charge in [0.1, 0.15) is 11.7 Å². The van der Waals surface area contributed by atoms with E-state index in [4.69, 9.17) is 5.11 Å². The number of amides is 1. The van der Waals surface area contributed by atoms with Gasteiger partial charge in [-0.05, 0) is 25.5 Å². The lowest BCUT2D eigenvalue weighted by atomic mass is 10.2. The first kappa shape index (κ1) is 13.0. The number of carboxylic acids is 1. The topological polar surface area (TPSA) is 71.3 Å². The van der Waals surface area contributed by atoms with Gasteiger partial charge >= 0.3 is 5.97 Å². The van der Waals surface area contributed by atoms with E-state index in [9.17, 15) is 9.59 Å². The standard InChI is InChI=1S/C12H16N2O3/c1-3-6-9(12(16)17)13-11(15)10-7-5-8-14(10)4-2/h3,5,7-9H,1,4,6H2,2H3,(H,13,15)(H,16,17). The molecule has 0 aliphatic carbocycles. The minimum atomic E-state index is -1.06. The van der Waals surface area contributed by atoms with Gasteiger partial charge in [-0.3, -0.25) is 4.79 Å². The van der Waals surface area contributed by atoms with Crippen molar-refractivity contribution in [1.29, 1.82) is 0 Å². The summed E-state index contributed by atoms with van der Waals surface area (Å²) in [5, 5.41) is 11.4. The van der Waals surface area contributed by atoms with Crippen LogP contribution in [-0.4, -0.2) is 27.6 Å². The zero-order valence-electron chi connectivity index (χ0n) is 9.72. The van der Waals surface area contributed by atoms with Gasteiger partial charge in [-0.15, -0.1) is 6.58 Å². The van der Waals surface area contributed by atoms with Gasteiger partial charge in [0.05, 0.1) is 0 Å².